The molecule has 1 aromatic rings. The van der Waals surface area contributed by atoms with Gasteiger partial charge in [0.25, 0.3) is 0 Å². The molecule has 1 atom stereocenters. The normalized spacial score (nSPS) is 18.8. The summed E-state index contributed by atoms with van der Waals surface area (Å²) in [7, 11) is 0. The number of aliphatic hydroxyl groups excluding tert-OH is 1. The summed E-state index contributed by atoms with van der Waals surface area (Å²) in [6, 6.07) is 5.39. The third-order valence-electron chi connectivity index (χ3n) is 2.47. The molecule has 0 aliphatic carbocycles. The molecule has 4 nitrogen and oxygen atoms in total. The summed E-state index contributed by atoms with van der Waals surface area (Å²) in [5.74, 6) is -0.415. The van der Waals surface area contributed by atoms with E-state index in [1.54, 1.807) is 12.1 Å². The smallest absolute Gasteiger partial charge is 0.249 e. The van der Waals surface area contributed by atoms with Crippen molar-refractivity contribution in [1.82, 2.24) is 0 Å². The Morgan fingerprint density at radius 3 is 3.07 bits per heavy atom. The third-order valence-corrected chi connectivity index (χ3v) is 2.47. The van der Waals surface area contributed by atoms with Gasteiger partial charge in [-0.1, -0.05) is 6.07 Å². The van der Waals surface area contributed by atoms with Crippen LogP contribution in [0.5, 0.6) is 0 Å². The van der Waals surface area contributed by atoms with Crippen LogP contribution in [0.1, 0.15) is 15.9 Å². The second kappa shape index (κ2) is 3.31. The van der Waals surface area contributed by atoms with Crippen molar-refractivity contribution < 1.29 is 9.90 Å². The van der Waals surface area contributed by atoms with Crippen LogP contribution in [0.4, 0.5) is 5.69 Å². The van der Waals surface area contributed by atoms with Crippen LogP contribution in [-0.4, -0.2) is 23.7 Å². The minimum atomic E-state index is -0.415. The molecular formula is C10H12N2O2. The average Bonchev–Trinajstić information content (AvgIpc) is 2.59. The number of primary amides is 1. The van der Waals surface area contributed by atoms with Crippen molar-refractivity contribution in [2.45, 2.75) is 12.5 Å². The van der Waals surface area contributed by atoms with Gasteiger partial charge in [-0.05, 0) is 24.1 Å². The summed E-state index contributed by atoms with van der Waals surface area (Å²) in [5, 5.41) is 12.1. The summed E-state index contributed by atoms with van der Waals surface area (Å²) in [4.78, 5) is 11.1. The van der Waals surface area contributed by atoms with Gasteiger partial charge in [0.05, 0.1) is 12.6 Å². The molecule has 74 valence electrons. The predicted octanol–water partition coefficient (Wildman–Crippen LogP) is 0.114. The molecule has 1 aromatic carbocycles. The Kier molecular flexibility index (Phi) is 2.13. The zero-order valence-electron chi connectivity index (χ0n) is 7.66. The van der Waals surface area contributed by atoms with Crippen molar-refractivity contribution in [3.8, 4) is 0 Å². The fourth-order valence-electron chi connectivity index (χ4n) is 1.80. The standard InChI is InChI=1S/C10H12N2O2/c11-10(14)7-2-1-3-9-8(7)4-6(5-13)12-9/h1-3,6,12-13H,4-5H2,(H2,11,14)/t6-/m1/s1. The number of nitrogens with two attached hydrogens (primary N) is 1. The lowest BCUT2D eigenvalue weighted by atomic mass is 10.0. The molecule has 0 saturated heterocycles. The van der Waals surface area contributed by atoms with Crippen molar-refractivity contribution in [3.63, 3.8) is 0 Å². The zero-order valence-corrected chi connectivity index (χ0v) is 7.66. The number of amides is 1. The molecule has 1 amide bonds. The molecule has 4 heteroatoms. The molecule has 1 aliphatic rings. The van der Waals surface area contributed by atoms with Gasteiger partial charge in [-0.3, -0.25) is 4.79 Å². The SMILES string of the molecule is NC(=O)c1cccc2c1C[C@H](CO)N2. The van der Waals surface area contributed by atoms with E-state index in [2.05, 4.69) is 5.32 Å². The van der Waals surface area contributed by atoms with Crippen LogP contribution < -0.4 is 11.1 Å². The molecule has 0 fully saturated rings. The Morgan fingerprint density at radius 2 is 2.43 bits per heavy atom. The van der Waals surface area contributed by atoms with Gasteiger partial charge >= 0.3 is 0 Å². The fourth-order valence-corrected chi connectivity index (χ4v) is 1.80. The van der Waals surface area contributed by atoms with E-state index in [9.17, 15) is 4.79 Å². The number of hydrogen-bond donors (Lipinski definition) is 3. The van der Waals surface area contributed by atoms with E-state index >= 15 is 0 Å². The summed E-state index contributed by atoms with van der Waals surface area (Å²) >= 11 is 0. The molecule has 0 radical (unpaired) electrons. The van der Waals surface area contributed by atoms with Gasteiger partial charge < -0.3 is 16.2 Å². The third kappa shape index (κ3) is 1.33. The first-order chi connectivity index (χ1) is 6.72. The van der Waals surface area contributed by atoms with Crippen molar-refractivity contribution in [3.05, 3.63) is 29.3 Å². The summed E-state index contributed by atoms with van der Waals surface area (Å²) in [6.45, 7) is 0.0624. The summed E-state index contributed by atoms with van der Waals surface area (Å²) < 4.78 is 0. The van der Waals surface area contributed by atoms with Crippen molar-refractivity contribution >= 4 is 11.6 Å². The van der Waals surface area contributed by atoms with Gasteiger partial charge in [-0.2, -0.15) is 0 Å². The van der Waals surface area contributed by atoms with Crippen molar-refractivity contribution in [1.29, 1.82) is 0 Å². The highest BCUT2D eigenvalue weighted by molar-refractivity contribution is 5.96. The molecule has 4 N–H and O–H groups in total. The summed E-state index contributed by atoms with van der Waals surface area (Å²) in [5.41, 5.74) is 7.61. The lowest BCUT2D eigenvalue weighted by molar-refractivity contribution is 0.0999. The largest absolute Gasteiger partial charge is 0.394 e. The Hall–Kier alpha value is -1.55. The van der Waals surface area contributed by atoms with E-state index in [-0.39, 0.29) is 12.6 Å². The maximum absolute atomic E-state index is 11.1. The van der Waals surface area contributed by atoms with E-state index < -0.39 is 5.91 Å². The number of fused-ring (bicyclic) bond motifs is 1. The Morgan fingerprint density at radius 1 is 1.64 bits per heavy atom. The number of hydrogen-bond acceptors (Lipinski definition) is 3. The van der Waals surface area contributed by atoms with Gasteiger partial charge in [0.15, 0.2) is 0 Å². The first-order valence-corrected chi connectivity index (χ1v) is 4.51. The maximum Gasteiger partial charge on any atom is 0.249 e. The molecule has 1 heterocycles. The topological polar surface area (TPSA) is 75.4 Å². The van der Waals surface area contributed by atoms with Crippen LogP contribution in [-0.2, 0) is 6.42 Å². The van der Waals surface area contributed by atoms with Gasteiger partial charge in [0, 0.05) is 11.3 Å². The van der Waals surface area contributed by atoms with Crippen LogP contribution >= 0.6 is 0 Å². The number of benzene rings is 1. The lowest BCUT2D eigenvalue weighted by Crippen LogP contribution is -2.20. The molecule has 2 rings (SSSR count). The maximum atomic E-state index is 11.1. The van der Waals surface area contributed by atoms with Gasteiger partial charge in [-0.25, -0.2) is 0 Å². The average molecular weight is 192 g/mol. The number of carbonyl (C=O) groups is 1. The second-order valence-electron chi connectivity index (χ2n) is 3.42. The quantitative estimate of drug-likeness (QED) is 0.622. The molecule has 14 heavy (non-hydrogen) atoms. The van der Waals surface area contributed by atoms with E-state index in [4.69, 9.17) is 10.8 Å². The Bertz CT molecular complexity index is 376. The first-order valence-electron chi connectivity index (χ1n) is 4.51. The van der Waals surface area contributed by atoms with Crippen LogP contribution in [0.3, 0.4) is 0 Å². The van der Waals surface area contributed by atoms with Crippen LogP contribution in [0, 0.1) is 0 Å². The van der Waals surface area contributed by atoms with Crippen LogP contribution in [0.25, 0.3) is 0 Å². The van der Waals surface area contributed by atoms with E-state index in [1.165, 1.54) is 0 Å². The number of rotatable bonds is 2. The van der Waals surface area contributed by atoms with E-state index in [0.29, 0.717) is 12.0 Å². The first kappa shape index (κ1) is 9.02. The molecular weight excluding hydrogens is 180 g/mol. The Balaban J connectivity index is 2.41. The van der Waals surface area contributed by atoms with E-state index in [0.717, 1.165) is 11.3 Å². The van der Waals surface area contributed by atoms with Crippen LogP contribution in [0.2, 0.25) is 0 Å². The summed E-state index contributed by atoms with van der Waals surface area (Å²) in [6.07, 6.45) is 0.658. The number of anilines is 1. The van der Waals surface area contributed by atoms with Crippen molar-refractivity contribution in [2.75, 3.05) is 11.9 Å². The van der Waals surface area contributed by atoms with Crippen LogP contribution in [0.15, 0.2) is 18.2 Å². The molecule has 0 unspecified atom stereocenters. The highest BCUT2D eigenvalue weighted by Crippen LogP contribution is 2.28. The molecule has 0 aromatic heterocycles. The predicted molar refractivity (Wildman–Crippen MR) is 53.2 cm³/mol. The Labute approximate surface area is 81.7 Å². The van der Waals surface area contributed by atoms with E-state index in [1.807, 2.05) is 6.07 Å². The second-order valence-corrected chi connectivity index (χ2v) is 3.42. The number of aliphatic hydroxyl groups is 1. The van der Waals surface area contributed by atoms with Crippen molar-refractivity contribution in [2.24, 2.45) is 5.73 Å². The monoisotopic (exact) mass is 192 g/mol. The molecule has 0 saturated carbocycles. The fraction of sp³-hybridized carbons (Fsp3) is 0.300. The lowest BCUT2D eigenvalue weighted by Gasteiger charge is -2.04. The minimum Gasteiger partial charge on any atom is -0.394 e. The van der Waals surface area contributed by atoms with Gasteiger partial charge in [0.2, 0.25) is 5.91 Å². The molecule has 0 spiro atoms. The molecule has 0 bridgehead atoms. The zero-order chi connectivity index (χ0) is 10.1. The molecule has 1 aliphatic heterocycles. The van der Waals surface area contributed by atoms with Gasteiger partial charge in [-0.15, -0.1) is 0 Å². The number of nitrogens with one attached hydrogen (secondary N) is 1. The highest BCUT2D eigenvalue weighted by atomic mass is 16.3. The highest BCUT2D eigenvalue weighted by Gasteiger charge is 2.23. The van der Waals surface area contributed by atoms with Gasteiger partial charge in [0.1, 0.15) is 0 Å². The number of carbonyl (C=O) groups excluding carboxylic acids is 1. The minimum absolute atomic E-state index is 0.00509.